The molecule has 0 radical (unpaired) electrons. The number of imidazole rings is 1. The largest absolute Gasteiger partial charge is 0.370 e. The molecule has 0 aliphatic carbocycles. The molecule has 24 nitrogen and oxygen atoms in total. The summed E-state index contributed by atoms with van der Waals surface area (Å²) in [6, 6.07) is 5.34. The summed E-state index contributed by atoms with van der Waals surface area (Å²) in [6.45, 7) is 5.06. The lowest BCUT2D eigenvalue weighted by atomic mass is 9.99. The standard InChI is InChI=1S/C49H67N15O9S2/c1-4-26(2)39-47(72)64(49(73)63-39)38(24-75)46(71)57-27(3)41(66)60-36(20-30-22-53-25-56-30)45(70)61-35(19-28-11-6-5-7-12-28)44(69)58-33(15-10-18-54-48(51)52)42(67)59-34(43(68)62-37(23-74)40(50)65)17-16-29-21-55-32-14-9-8-13-31(29)32/h5-9,11-14,21-22,25-27,33-39,55,74-75H,4,10,15-20,23-24H2,1-3H3,(H2,50,65)(H,53,56)(H,57,71)(H,58,69)(H,59,67)(H,60,66)(H,61,70)(H,62,68)(H,63,73)(H4,51,52,54). The average molecular weight is 1070 g/mol. The number of para-hydroxylation sites is 1. The molecule has 1 aliphatic heterocycles. The first-order chi connectivity index (χ1) is 35.8. The first-order valence-electron chi connectivity index (χ1n) is 24.4. The Kier molecular flexibility index (Phi) is 21.9. The van der Waals surface area contributed by atoms with Gasteiger partial charge in [0.25, 0.3) is 5.91 Å². The van der Waals surface area contributed by atoms with Crippen molar-refractivity contribution < 1.29 is 43.2 Å². The van der Waals surface area contributed by atoms with Crippen molar-refractivity contribution in [3.63, 3.8) is 0 Å². The fraction of sp³-hybridized carbons (Fsp3) is 0.449. The number of H-pyrrole nitrogens is 2. The van der Waals surface area contributed by atoms with Crippen LogP contribution in [-0.4, -0.2) is 145 Å². The molecule has 0 bridgehead atoms. The fourth-order valence-corrected chi connectivity index (χ4v) is 8.84. The number of fused-ring (bicyclic) bond motifs is 1. The number of aliphatic imine (C=N–C) groups is 1. The van der Waals surface area contributed by atoms with Crippen LogP contribution in [0.5, 0.6) is 0 Å². The number of carbonyl (C=O) groups is 9. The molecule has 0 spiro atoms. The van der Waals surface area contributed by atoms with E-state index >= 15 is 0 Å². The number of aromatic amines is 2. The number of carbonyl (C=O) groups excluding carboxylic acids is 9. The highest BCUT2D eigenvalue weighted by Gasteiger charge is 2.46. The molecular formula is C49H67N15O9S2. The number of aryl methyl sites for hydroxylation is 1. The zero-order chi connectivity index (χ0) is 54.8. The van der Waals surface area contributed by atoms with Gasteiger partial charge in [0.15, 0.2) is 5.96 Å². The third kappa shape index (κ3) is 16.4. The number of benzene rings is 2. The Morgan fingerprint density at radius 2 is 1.32 bits per heavy atom. The van der Waals surface area contributed by atoms with Crippen molar-refractivity contribution in [3.05, 3.63) is 90.1 Å². The minimum Gasteiger partial charge on any atom is -0.370 e. The van der Waals surface area contributed by atoms with Crippen LogP contribution in [0.25, 0.3) is 10.9 Å². The molecule has 75 heavy (non-hydrogen) atoms. The van der Waals surface area contributed by atoms with E-state index in [1.807, 2.05) is 31.2 Å². The minimum absolute atomic E-state index is 0.0500. The van der Waals surface area contributed by atoms with Crippen molar-refractivity contribution >= 4 is 95.4 Å². The van der Waals surface area contributed by atoms with Gasteiger partial charge in [-0.15, -0.1) is 0 Å². The van der Waals surface area contributed by atoms with E-state index < -0.39 is 102 Å². The van der Waals surface area contributed by atoms with Gasteiger partial charge >= 0.3 is 6.03 Å². The Morgan fingerprint density at radius 3 is 1.93 bits per heavy atom. The molecule has 2 aromatic carbocycles. The number of nitrogens with zero attached hydrogens (tertiary/aromatic N) is 3. The second-order valence-electron chi connectivity index (χ2n) is 18.2. The van der Waals surface area contributed by atoms with Crippen molar-refractivity contribution in [3.8, 4) is 0 Å². The predicted molar refractivity (Wildman–Crippen MR) is 286 cm³/mol. The topological polar surface area (TPSA) is 376 Å². The number of hydrogen-bond donors (Lipinski definition) is 14. The highest BCUT2D eigenvalue weighted by Crippen LogP contribution is 2.21. The second kappa shape index (κ2) is 28.2. The van der Waals surface area contributed by atoms with E-state index in [0.29, 0.717) is 24.1 Å². The third-order valence-corrected chi connectivity index (χ3v) is 13.4. The van der Waals surface area contributed by atoms with Crippen LogP contribution in [-0.2, 0) is 57.6 Å². The number of urea groups is 1. The number of hydrogen-bond acceptors (Lipinski definition) is 13. The molecule has 15 N–H and O–H groups in total. The quantitative estimate of drug-likeness (QED) is 0.0102. The Hall–Kier alpha value is -7.61. The minimum atomic E-state index is -1.40. The van der Waals surface area contributed by atoms with Crippen LogP contribution < -0.4 is 54.4 Å². The second-order valence-corrected chi connectivity index (χ2v) is 18.9. The van der Waals surface area contributed by atoms with Gasteiger partial charge in [-0.2, -0.15) is 25.3 Å². The van der Waals surface area contributed by atoms with Crippen molar-refractivity contribution in [1.82, 2.24) is 57.1 Å². The summed E-state index contributed by atoms with van der Waals surface area (Å²) < 4.78 is 0. The summed E-state index contributed by atoms with van der Waals surface area (Å²) in [5.41, 5.74) is 19.4. The van der Waals surface area contributed by atoms with E-state index in [4.69, 9.17) is 17.2 Å². The summed E-state index contributed by atoms with van der Waals surface area (Å²) in [5.74, 6) is -7.10. The van der Waals surface area contributed by atoms with Gasteiger partial charge in [0.05, 0.1) is 6.33 Å². The van der Waals surface area contributed by atoms with Gasteiger partial charge < -0.3 is 64.4 Å². The summed E-state index contributed by atoms with van der Waals surface area (Å²) in [4.78, 5) is 138. The van der Waals surface area contributed by atoms with Crippen LogP contribution >= 0.6 is 25.3 Å². The molecule has 404 valence electrons. The van der Waals surface area contributed by atoms with Crippen molar-refractivity contribution in [2.75, 3.05) is 18.1 Å². The fourth-order valence-electron chi connectivity index (χ4n) is 8.24. The number of nitrogens with one attached hydrogen (secondary N) is 9. The zero-order valence-electron chi connectivity index (χ0n) is 41.8. The van der Waals surface area contributed by atoms with Crippen LogP contribution in [0.4, 0.5) is 4.79 Å². The smallest absolute Gasteiger partial charge is 0.325 e. The highest BCUT2D eigenvalue weighted by molar-refractivity contribution is 7.80. The Bertz CT molecular complexity index is 2670. The summed E-state index contributed by atoms with van der Waals surface area (Å²) >= 11 is 8.39. The van der Waals surface area contributed by atoms with Crippen LogP contribution in [0.15, 0.2) is 78.3 Å². The number of amides is 10. The lowest BCUT2D eigenvalue weighted by Crippen LogP contribution is -2.60. The summed E-state index contributed by atoms with van der Waals surface area (Å²) in [5, 5.41) is 19.5. The molecule has 10 amide bonds. The average Bonchev–Trinajstić information content (AvgIpc) is 4.14. The molecule has 4 aromatic rings. The number of guanidine groups is 1. The third-order valence-electron chi connectivity index (χ3n) is 12.7. The van der Waals surface area contributed by atoms with Crippen molar-refractivity contribution in [1.29, 1.82) is 0 Å². The van der Waals surface area contributed by atoms with Gasteiger partial charge in [-0.1, -0.05) is 68.8 Å². The van der Waals surface area contributed by atoms with Gasteiger partial charge in [-0.05, 0) is 55.7 Å². The molecular weight excluding hydrogens is 1010 g/mol. The maximum absolute atomic E-state index is 14.6. The van der Waals surface area contributed by atoms with Crippen LogP contribution in [0, 0.1) is 5.92 Å². The number of aromatic nitrogens is 3. The van der Waals surface area contributed by atoms with Crippen LogP contribution in [0.2, 0.25) is 0 Å². The maximum atomic E-state index is 14.6. The Labute approximate surface area is 444 Å². The van der Waals surface area contributed by atoms with E-state index in [1.165, 1.54) is 19.4 Å². The van der Waals surface area contributed by atoms with Gasteiger partial charge in [0.2, 0.25) is 41.4 Å². The number of nitrogens with two attached hydrogens (primary N) is 3. The van der Waals surface area contributed by atoms with Crippen molar-refractivity contribution in [2.24, 2.45) is 28.1 Å². The van der Waals surface area contributed by atoms with E-state index in [-0.39, 0.29) is 62.0 Å². The lowest BCUT2D eigenvalue weighted by molar-refractivity contribution is -0.137. The van der Waals surface area contributed by atoms with Gasteiger partial charge in [-0.25, -0.2) is 14.7 Å². The SMILES string of the molecule is CCC(C)C1NC(=O)N(C(CS)C(=O)NC(C)C(=O)NC(Cc2cnc[nH]2)C(=O)NC(Cc2ccccc2)C(=O)NC(CCCN=C(N)N)C(=O)NC(CCc2c[nH]c3ccccc23)C(=O)NC(CS)C(N)=O)C1=O. The highest BCUT2D eigenvalue weighted by atomic mass is 32.1. The molecule has 3 heterocycles. The predicted octanol–water partition coefficient (Wildman–Crippen LogP) is -1.03. The molecule has 9 unspecified atom stereocenters. The van der Waals surface area contributed by atoms with E-state index in [9.17, 15) is 43.2 Å². The van der Waals surface area contributed by atoms with Gasteiger partial charge in [0.1, 0.15) is 48.3 Å². The molecule has 9 atom stereocenters. The Balaban J connectivity index is 1.38. The molecule has 2 aromatic heterocycles. The van der Waals surface area contributed by atoms with Crippen molar-refractivity contribution in [2.45, 2.75) is 114 Å². The molecule has 1 fully saturated rings. The number of rotatable bonds is 29. The van der Waals surface area contributed by atoms with E-state index in [0.717, 1.165) is 21.4 Å². The first kappa shape index (κ1) is 58.3. The summed E-state index contributed by atoms with van der Waals surface area (Å²) in [6.07, 6.45) is 5.37. The first-order valence-corrected chi connectivity index (χ1v) is 25.7. The molecule has 1 aliphatic rings. The Morgan fingerprint density at radius 1 is 0.720 bits per heavy atom. The summed E-state index contributed by atoms with van der Waals surface area (Å²) in [7, 11) is 0. The van der Waals surface area contributed by atoms with E-state index in [2.05, 4.69) is 82.4 Å². The van der Waals surface area contributed by atoms with Gasteiger partial charge in [-0.3, -0.25) is 43.3 Å². The number of primary amides is 1. The number of thiol groups is 2. The normalized spacial score (nSPS) is 16.4. The molecule has 26 heteroatoms. The number of imide groups is 1. The van der Waals surface area contributed by atoms with Crippen LogP contribution in [0.1, 0.15) is 63.3 Å². The van der Waals surface area contributed by atoms with Gasteiger partial charge in [0, 0.05) is 59.9 Å². The molecule has 0 saturated carbocycles. The molecule has 5 rings (SSSR count). The monoisotopic (exact) mass is 1070 g/mol. The maximum Gasteiger partial charge on any atom is 0.325 e. The van der Waals surface area contributed by atoms with Crippen LogP contribution in [0.3, 0.4) is 0 Å². The zero-order valence-corrected chi connectivity index (χ0v) is 43.6. The lowest BCUT2D eigenvalue weighted by Gasteiger charge is -2.28. The molecule has 1 saturated heterocycles. The van der Waals surface area contributed by atoms with E-state index in [1.54, 1.807) is 43.5 Å².